The number of carbonyl (C=O) groups excluding carboxylic acids is 1. The molecule has 4 aromatic rings. The first kappa shape index (κ1) is 18.8. The van der Waals surface area contributed by atoms with E-state index < -0.39 is 0 Å². The molecule has 1 amide bonds. The van der Waals surface area contributed by atoms with Gasteiger partial charge in [-0.1, -0.05) is 30.4 Å². The topological polar surface area (TPSA) is 64.1 Å². The number of ether oxygens (including phenoxy) is 1. The highest BCUT2D eigenvalue weighted by atomic mass is 16.5. The normalized spacial score (nSPS) is 11.7. The van der Waals surface area contributed by atoms with E-state index in [9.17, 15) is 4.79 Å². The number of benzene rings is 2. The van der Waals surface area contributed by atoms with Gasteiger partial charge in [0.15, 0.2) is 0 Å². The SMILES string of the molecule is O=C(Nc1ccc(Oc2ncccc2-c2ccnc3c2C=CC3)cc1)c1ccccc1. The number of nitrogens with one attached hydrogen (secondary N) is 1. The Kier molecular flexibility index (Phi) is 4.99. The van der Waals surface area contributed by atoms with Gasteiger partial charge in [0, 0.05) is 41.2 Å². The van der Waals surface area contributed by atoms with Crippen LogP contribution in [0, 0.1) is 0 Å². The van der Waals surface area contributed by atoms with E-state index in [2.05, 4.69) is 27.4 Å². The minimum Gasteiger partial charge on any atom is -0.438 e. The molecule has 0 unspecified atom stereocenters. The maximum atomic E-state index is 12.3. The average molecular weight is 405 g/mol. The van der Waals surface area contributed by atoms with Crippen LogP contribution in [0.5, 0.6) is 11.6 Å². The summed E-state index contributed by atoms with van der Waals surface area (Å²) in [5.41, 5.74) is 5.44. The lowest BCUT2D eigenvalue weighted by molar-refractivity contribution is 0.102. The van der Waals surface area contributed by atoms with Gasteiger partial charge < -0.3 is 10.1 Å². The van der Waals surface area contributed by atoms with E-state index in [4.69, 9.17) is 4.74 Å². The maximum Gasteiger partial charge on any atom is 0.255 e. The summed E-state index contributed by atoms with van der Waals surface area (Å²) in [7, 11) is 0. The minimum absolute atomic E-state index is 0.152. The number of fused-ring (bicyclic) bond motifs is 1. The zero-order valence-corrected chi connectivity index (χ0v) is 16.7. The van der Waals surface area contributed by atoms with E-state index in [1.165, 1.54) is 0 Å². The van der Waals surface area contributed by atoms with Gasteiger partial charge in [-0.25, -0.2) is 4.98 Å². The van der Waals surface area contributed by atoms with Crippen LogP contribution in [0.2, 0.25) is 0 Å². The van der Waals surface area contributed by atoms with Crippen molar-refractivity contribution >= 4 is 17.7 Å². The number of aromatic nitrogens is 2. The van der Waals surface area contributed by atoms with Crippen molar-refractivity contribution in [2.24, 2.45) is 0 Å². The van der Waals surface area contributed by atoms with Gasteiger partial charge in [-0.05, 0) is 60.2 Å². The first-order valence-electron chi connectivity index (χ1n) is 10.0. The van der Waals surface area contributed by atoms with E-state index in [-0.39, 0.29) is 5.91 Å². The molecule has 2 aromatic carbocycles. The molecule has 1 N–H and O–H groups in total. The number of hydrogen-bond donors (Lipinski definition) is 1. The smallest absolute Gasteiger partial charge is 0.255 e. The molecule has 0 aliphatic heterocycles. The van der Waals surface area contributed by atoms with Crippen molar-refractivity contribution in [3.05, 3.63) is 108 Å². The highest BCUT2D eigenvalue weighted by molar-refractivity contribution is 6.04. The first-order valence-corrected chi connectivity index (χ1v) is 10.0. The quantitative estimate of drug-likeness (QED) is 0.459. The number of hydrogen-bond acceptors (Lipinski definition) is 4. The Balaban J connectivity index is 1.36. The number of anilines is 1. The van der Waals surface area contributed by atoms with Gasteiger partial charge in [0.1, 0.15) is 5.75 Å². The summed E-state index contributed by atoms with van der Waals surface area (Å²) in [5, 5.41) is 2.89. The van der Waals surface area contributed by atoms with Crippen molar-refractivity contribution in [2.45, 2.75) is 6.42 Å². The molecule has 0 saturated carbocycles. The molecule has 0 atom stereocenters. The molecule has 0 spiro atoms. The number of amides is 1. The molecule has 0 radical (unpaired) electrons. The van der Waals surface area contributed by atoms with Gasteiger partial charge in [0.2, 0.25) is 5.88 Å². The summed E-state index contributed by atoms with van der Waals surface area (Å²) in [6, 6.07) is 22.2. The molecule has 2 aromatic heterocycles. The van der Waals surface area contributed by atoms with Gasteiger partial charge in [-0.15, -0.1) is 0 Å². The molecule has 2 heterocycles. The third kappa shape index (κ3) is 3.94. The molecule has 5 nitrogen and oxygen atoms in total. The van der Waals surface area contributed by atoms with Crippen molar-refractivity contribution < 1.29 is 9.53 Å². The fraction of sp³-hybridized carbons (Fsp3) is 0.0385. The second kappa shape index (κ2) is 8.24. The summed E-state index contributed by atoms with van der Waals surface area (Å²) < 4.78 is 6.10. The van der Waals surface area contributed by atoms with Crippen LogP contribution in [-0.2, 0) is 6.42 Å². The van der Waals surface area contributed by atoms with Crippen LogP contribution in [-0.4, -0.2) is 15.9 Å². The van der Waals surface area contributed by atoms with Crippen molar-refractivity contribution in [1.29, 1.82) is 0 Å². The largest absolute Gasteiger partial charge is 0.438 e. The third-order valence-corrected chi connectivity index (χ3v) is 5.09. The van der Waals surface area contributed by atoms with Gasteiger partial charge >= 0.3 is 0 Å². The van der Waals surface area contributed by atoms with Crippen LogP contribution in [0.4, 0.5) is 5.69 Å². The van der Waals surface area contributed by atoms with E-state index in [1.807, 2.05) is 66.9 Å². The van der Waals surface area contributed by atoms with Crippen LogP contribution in [0.15, 0.2) is 91.3 Å². The molecule has 150 valence electrons. The van der Waals surface area contributed by atoms with Crippen LogP contribution < -0.4 is 10.1 Å². The van der Waals surface area contributed by atoms with Gasteiger partial charge in [-0.2, -0.15) is 0 Å². The Morgan fingerprint density at radius 3 is 2.52 bits per heavy atom. The summed E-state index contributed by atoms with van der Waals surface area (Å²) in [6.07, 6.45) is 8.58. The lowest BCUT2D eigenvalue weighted by Crippen LogP contribution is -2.11. The molecule has 5 rings (SSSR count). The molecule has 0 bridgehead atoms. The first-order chi connectivity index (χ1) is 15.3. The van der Waals surface area contributed by atoms with E-state index >= 15 is 0 Å². The Bertz CT molecular complexity index is 1270. The van der Waals surface area contributed by atoms with Crippen molar-refractivity contribution in [1.82, 2.24) is 9.97 Å². The second-order valence-corrected chi connectivity index (χ2v) is 7.13. The Morgan fingerprint density at radius 1 is 0.839 bits per heavy atom. The number of pyridine rings is 2. The van der Waals surface area contributed by atoms with E-state index in [1.54, 1.807) is 18.3 Å². The van der Waals surface area contributed by atoms with Crippen molar-refractivity contribution in [2.75, 3.05) is 5.32 Å². The highest BCUT2D eigenvalue weighted by Gasteiger charge is 2.16. The number of rotatable bonds is 5. The highest BCUT2D eigenvalue weighted by Crippen LogP contribution is 2.36. The minimum atomic E-state index is -0.152. The fourth-order valence-electron chi connectivity index (χ4n) is 3.58. The van der Waals surface area contributed by atoms with Crippen molar-refractivity contribution in [3.63, 3.8) is 0 Å². The van der Waals surface area contributed by atoms with Gasteiger partial charge in [-0.3, -0.25) is 9.78 Å². The van der Waals surface area contributed by atoms with E-state index in [0.29, 0.717) is 22.9 Å². The number of carbonyl (C=O) groups is 1. The molecule has 31 heavy (non-hydrogen) atoms. The summed E-state index contributed by atoms with van der Waals surface area (Å²) in [4.78, 5) is 21.2. The summed E-state index contributed by atoms with van der Waals surface area (Å²) in [5.74, 6) is 1.01. The fourth-order valence-corrected chi connectivity index (χ4v) is 3.58. The van der Waals surface area contributed by atoms with Crippen molar-refractivity contribution in [3.8, 4) is 22.8 Å². The molecule has 0 saturated heterocycles. The summed E-state index contributed by atoms with van der Waals surface area (Å²) in [6.45, 7) is 0. The third-order valence-electron chi connectivity index (χ3n) is 5.09. The molecular formula is C26H19N3O2. The van der Waals surface area contributed by atoms with Crippen LogP contribution >= 0.6 is 0 Å². The van der Waals surface area contributed by atoms with Gasteiger partial charge in [0.25, 0.3) is 5.91 Å². The number of nitrogens with zero attached hydrogens (tertiary/aromatic N) is 2. The predicted molar refractivity (Wildman–Crippen MR) is 121 cm³/mol. The van der Waals surface area contributed by atoms with Crippen LogP contribution in [0.1, 0.15) is 21.6 Å². The molecule has 5 heteroatoms. The van der Waals surface area contributed by atoms with Gasteiger partial charge in [0.05, 0.1) is 5.69 Å². The van der Waals surface area contributed by atoms with E-state index in [0.717, 1.165) is 28.8 Å². The Labute approximate surface area is 180 Å². The zero-order chi connectivity index (χ0) is 21.0. The average Bonchev–Trinajstić information content (AvgIpc) is 3.30. The molecule has 0 fully saturated rings. The van der Waals surface area contributed by atoms with Crippen LogP contribution in [0.3, 0.4) is 0 Å². The number of allylic oxidation sites excluding steroid dienone is 1. The Hall–Kier alpha value is -4.25. The standard InChI is InChI=1S/C26H19N3O2/c30-25(18-6-2-1-3-7-18)29-19-11-13-20(14-12-19)31-26-23(9-5-16-28-26)21-15-17-27-24-10-4-8-22(21)24/h1-9,11-17H,10H2,(H,29,30). The monoisotopic (exact) mass is 405 g/mol. The lowest BCUT2D eigenvalue weighted by atomic mass is 10.0. The lowest BCUT2D eigenvalue weighted by Gasteiger charge is -2.13. The predicted octanol–water partition coefficient (Wildman–Crippen LogP) is 5.76. The second-order valence-electron chi connectivity index (χ2n) is 7.13. The molecular weight excluding hydrogens is 386 g/mol. The molecule has 1 aliphatic rings. The zero-order valence-electron chi connectivity index (χ0n) is 16.7. The molecule has 1 aliphatic carbocycles. The van der Waals surface area contributed by atoms with Crippen LogP contribution in [0.25, 0.3) is 17.2 Å². The Morgan fingerprint density at radius 2 is 1.68 bits per heavy atom. The maximum absolute atomic E-state index is 12.3. The summed E-state index contributed by atoms with van der Waals surface area (Å²) >= 11 is 0.